The molecule has 0 fully saturated rings. The predicted molar refractivity (Wildman–Crippen MR) is 92.2 cm³/mol. The Bertz CT molecular complexity index is 594. The second-order valence-corrected chi connectivity index (χ2v) is 7.54. The molecule has 0 atom stereocenters. The molecular weight excluding hydrogens is 276 g/mol. The molecule has 21 heavy (non-hydrogen) atoms. The van der Waals surface area contributed by atoms with Crippen molar-refractivity contribution in [3.8, 4) is 0 Å². The third-order valence-electron chi connectivity index (χ3n) is 3.65. The van der Waals surface area contributed by atoms with E-state index >= 15 is 0 Å². The Morgan fingerprint density at radius 2 is 2.00 bits per heavy atom. The van der Waals surface area contributed by atoms with Crippen LogP contribution in [-0.2, 0) is 18.4 Å². The number of rotatable bonds is 5. The fourth-order valence-corrected chi connectivity index (χ4v) is 3.24. The highest BCUT2D eigenvalue weighted by atomic mass is 32.1. The Kier molecular flexibility index (Phi) is 5.17. The zero-order valence-electron chi connectivity index (χ0n) is 13.8. The van der Waals surface area contributed by atoms with E-state index in [0.717, 1.165) is 19.5 Å². The first-order chi connectivity index (χ1) is 9.90. The van der Waals surface area contributed by atoms with E-state index in [1.165, 1.54) is 27.4 Å². The van der Waals surface area contributed by atoms with Crippen molar-refractivity contribution in [3.05, 3.63) is 51.0 Å². The zero-order valence-corrected chi connectivity index (χ0v) is 14.6. The molecular formula is C18H26N2S. The van der Waals surface area contributed by atoms with Crippen molar-refractivity contribution >= 4 is 11.3 Å². The van der Waals surface area contributed by atoms with Crippen molar-refractivity contribution in [2.45, 2.75) is 53.0 Å². The first-order valence-corrected chi connectivity index (χ1v) is 8.52. The molecule has 0 aliphatic heterocycles. The first kappa shape index (κ1) is 16.2. The maximum absolute atomic E-state index is 4.81. The summed E-state index contributed by atoms with van der Waals surface area (Å²) in [6.45, 7) is 12.9. The fourth-order valence-electron chi connectivity index (χ4n) is 2.19. The SMILES string of the molecule is CCNCc1ccc(C)c(Cc2nc(C(C)(C)C)cs2)c1. The summed E-state index contributed by atoms with van der Waals surface area (Å²) < 4.78 is 0. The van der Waals surface area contributed by atoms with Crippen LogP contribution in [0.5, 0.6) is 0 Å². The number of nitrogens with one attached hydrogen (secondary N) is 1. The summed E-state index contributed by atoms with van der Waals surface area (Å²) in [5.41, 5.74) is 5.42. The summed E-state index contributed by atoms with van der Waals surface area (Å²) in [4.78, 5) is 4.81. The van der Waals surface area contributed by atoms with E-state index in [1.54, 1.807) is 11.3 Å². The molecule has 0 radical (unpaired) electrons. The van der Waals surface area contributed by atoms with Crippen molar-refractivity contribution in [3.63, 3.8) is 0 Å². The maximum atomic E-state index is 4.81. The zero-order chi connectivity index (χ0) is 15.5. The number of thiazole rings is 1. The van der Waals surface area contributed by atoms with E-state index in [0.29, 0.717) is 0 Å². The lowest BCUT2D eigenvalue weighted by molar-refractivity contribution is 0.571. The van der Waals surface area contributed by atoms with Crippen LogP contribution < -0.4 is 5.32 Å². The maximum Gasteiger partial charge on any atom is 0.0972 e. The highest BCUT2D eigenvalue weighted by Crippen LogP contribution is 2.26. The Hall–Kier alpha value is -1.19. The third-order valence-corrected chi connectivity index (χ3v) is 4.50. The van der Waals surface area contributed by atoms with E-state index in [2.05, 4.69) is 63.5 Å². The molecule has 114 valence electrons. The first-order valence-electron chi connectivity index (χ1n) is 7.64. The summed E-state index contributed by atoms with van der Waals surface area (Å²) in [5.74, 6) is 0. The topological polar surface area (TPSA) is 24.9 Å². The molecule has 0 saturated heterocycles. The number of benzene rings is 1. The molecule has 3 heteroatoms. The minimum atomic E-state index is 0.136. The smallest absolute Gasteiger partial charge is 0.0972 e. The Labute approximate surface area is 132 Å². The van der Waals surface area contributed by atoms with Gasteiger partial charge in [0.05, 0.1) is 10.7 Å². The van der Waals surface area contributed by atoms with Crippen molar-refractivity contribution in [2.24, 2.45) is 0 Å². The van der Waals surface area contributed by atoms with E-state index in [1.807, 2.05) is 0 Å². The van der Waals surface area contributed by atoms with Gasteiger partial charge in [0.1, 0.15) is 0 Å². The van der Waals surface area contributed by atoms with Crippen molar-refractivity contribution < 1.29 is 0 Å². The predicted octanol–water partition coefficient (Wildman–Crippen LogP) is 4.45. The van der Waals surface area contributed by atoms with Gasteiger partial charge in [-0.3, -0.25) is 0 Å². The van der Waals surface area contributed by atoms with E-state index < -0.39 is 0 Å². The molecule has 0 aliphatic carbocycles. The molecule has 1 N–H and O–H groups in total. The van der Waals surface area contributed by atoms with Gasteiger partial charge in [-0.05, 0) is 30.2 Å². The summed E-state index contributed by atoms with van der Waals surface area (Å²) in [6, 6.07) is 6.75. The molecule has 2 rings (SSSR count). The normalized spacial score (nSPS) is 11.9. The monoisotopic (exact) mass is 302 g/mol. The lowest BCUT2D eigenvalue weighted by Gasteiger charge is -2.14. The van der Waals surface area contributed by atoms with Crippen LogP contribution in [0.1, 0.15) is 55.1 Å². The highest BCUT2D eigenvalue weighted by molar-refractivity contribution is 7.09. The minimum absolute atomic E-state index is 0.136. The number of aromatic nitrogens is 1. The van der Waals surface area contributed by atoms with Crippen molar-refractivity contribution in [1.29, 1.82) is 0 Å². The number of hydrogen-bond donors (Lipinski definition) is 1. The number of nitrogens with zero attached hydrogens (tertiary/aromatic N) is 1. The van der Waals surface area contributed by atoms with Crippen LogP contribution in [0.3, 0.4) is 0 Å². The molecule has 1 heterocycles. The fraction of sp³-hybridized carbons (Fsp3) is 0.500. The van der Waals surface area contributed by atoms with Crippen LogP contribution in [0.2, 0.25) is 0 Å². The van der Waals surface area contributed by atoms with Crippen molar-refractivity contribution in [1.82, 2.24) is 10.3 Å². The average molecular weight is 302 g/mol. The molecule has 2 aromatic rings. The molecule has 0 saturated carbocycles. The highest BCUT2D eigenvalue weighted by Gasteiger charge is 2.17. The van der Waals surface area contributed by atoms with Gasteiger partial charge in [-0.1, -0.05) is 45.9 Å². The lowest BCUT2D eigenvalue weighted by atomic mass is 9.93. The van der Waals surface area contributed by atoms with Gasteiger partial charge in [-0.2, -0.15) is 0 Å². The van der Waals surface area contributed by atoms with Gasteiger partial charge in [0.15, 0.2) is 0 Å². The average Bonchev–Trinajstić information content (AvgIpc) is 2.88. The van der Waals surface area contributed by atoms with Gasteiger partial charge in [0.2, 0.25) is 0 Å². The van der Waals surface area contributed by atoms with Crippen LogP contribution in [-0.4, -0.2) is 11.5 Å². The molecule has 1 aromatic carbocycles. The summed E-state index contributed by atoms with van der Waals surface area (Å²) in [5, 5.41) is 6.80. The Morgan fingerprint density at radius 1 is 1.24 bits per heavy atom. The summed E-state index contributed by atoms with van der Waals surface area (Å²) in [7, 11) is 0. The molecule has 2 nitrogen and oxygen atoms in total. The number of aryl methyl sites for hydroxylation is 1. The van der Waals surface area contributed by atoms with Crippen LogP contribution >= 0.6 is 11.3 Å². The van der Waals surface area contributed by atoms with Crippen molar-refractivity contribution in [2.75, 3.05) is 6.54 Å². The molecule has 1 aromatic heterocycles. The third kappa shape index (κ3) is 4.39. The minimum Gasteiger partial charge on any atom is -0.313 e. The lowest BCUT2D eigenvalue weighted by Crippen LogP contribution is -2.12. The van der Waals surface area contributed by atoms with Gasteiger partial charge < -0.3 is 5.32 Å². The van der Waals surface area contributed by atoms with Gasteiger partial charge >= 0.3 is 0 Å². The second kappa shape index (κ2) is 6.71. The molecule has 0 spiro atoms. The quantitative estimate of drug-likeness (QED) is 0.882. The molecule has 0 unspecified atom stereocenters. The molecule has 0 amide bonds. The van der Waals surface area contributed by atoms with Crippen LogP contribution in [0, 0.1) is 6.92 Å². The molecule has 0 aliphatic rings. The standard InChI is InChI=1S/C18H26N2S/c1-6-19-11-14-8-7-13(2)15(9-14)10-17-20-16(12-21-17)18(3,4)5/h7-9,12,19H,6,10-11H2,1-5H3. The van der Waals surface area contributed by atoms with E-state index in [-0.39, 0.29) is 5.41 Å². The van der Waals surface area contributed by atoms with Gasteiger partial charge in [0, 0.05) is 23.8 Å². The second-order valence-electron chi connectivity index (χ2n) is 6.59. The van der Waals surface area contributed by atoms with Gasteiger partial charge in [-0.15, -0.1) is 11.3 Å². The van der Waals surface area contributed by atoms with Crippen LogP contribution in [0.15, 0.2) is 23.6 Å². The van der Waals surface area contributed by atoms with Gasteiger partial charge in [-0.25, -0.2) is 4.98 Å². The van der Waals surface area contributed by atoms with Gasteiger partial charge in [0.25, 0.3) is 0 Å². The van der Waals surface area contributed by atoms with Crippen LogP contribution in [0.25, 0.3) is 0 Å². The van der Waals surface area contributed by atoms with E-state index in [9.17, 15) is 0 Å². The summed E-state index contributed by atoms with van der Waals surface area (Å²) >= 11 is 1.78. The Morgan fingerprint density at radius 3 is 2.62 bits per heavy atom. The molecule has 0 bridgehead atoms. The summed E-state index contributed by atoms with van der Waals surface area (Å²) in [6.07, 6.45) is 0.937. The Balaban J connectivity index is 2.16. The van der Waals surface area contributed by atoms with Crippen LogP contribution in [0.4, 0.5) is 0 Å². The van der Waals surface area contributed by atoms with E-state index in [4.69, 9.17) is 4.98 Å². The number of hydrogen-bond acceptors (Lipinski definition) is 3. The largest absolute Gasteiger partial charge is 0.313 e.